The zero-order chi connectivity index (χ0) is 18.1. The van der Waals surface area contributed by atoms with Crippen LogP contribution in [-0.2, 0) is 11.3 Å². The molecule has 5 nitrogen and oxygen atoms in total. The Balaban J connectivity index is 1.73. The normalized spacial score (nSPS) is 11.6. The maximum absolute atomic E-state index is 5.93. The molecule has 0 saturated heterocycles. The van der Waals surface area contributed by atoms with Crippen LogP contribution in [0.15, 0.2) is 53.5 Å². The van der Waals surface area contributed by atoms with Gasteiger partial charge in [-0.25, -0.2) is 0 Å². The van der Waals surface area contributed by atoms with E-state index < -0.39 is 0 Å². The number of hydrogen-bond donors (Lipinski definition) is 2. The van der Waals surface area contributed by atoms with Gasteiger partial charge in [0.2, 0.25) is 0 Å². The van der Waals surface area contributed by atoms with Crippen molar-refractivity contribution < 1.29 is 9.47 Å². The molecule has 0 bridgehead atoms. The van der Waals surface area contributed by atoms with Crippen LogP contribution in [0.1, 0.15) is 30.9 Å². The van der Waals surface area contributed by atoms with Crippen LogP contribution in [0.4, 0.5) is 5.69 Å². The number of aliphatic imine (C=N–C) groups is 1. The molecule has 2 aromatic rings. The van der Waals surface area contributed by atoms with E-state index in [1.165, 1.54) is 5.56 Å². The Morgan fingerprint density at radius 3 is 2.60 bits per heavy atom. The molecule has 0 aliphatic heterocycles. The number of benzene rings is 2. The highest BCUT2D eigenvalue weighted by Gasteiger charge is 2.01. The third-order valence-electron chi connectivity index (χ3n) is 3.77. The standard InChI is InChI=1S/C20H27N3O2/c1-15(2)17-5-4-6-18(13-17)23-20(21)22-11-12-25-14-16-7-9-19(24-3)10-8-16/h4-10,13,15H,11-12,14H2,1-3H3,(H3,21,22,23). The molecule has 0 unspecified atom stereocenters. The van der Waals surface area contributed by atoms with Crippen molar-refractivity contribution in [2.24, 2.45) is 10.7 Å². The Bertz CT molecular complexity index is 682. The molecule has 0 atom stereocenters. The molecule has 25 heavy (non-hydrogen) atoms. The Morgan fingerprint density at radius 2 is 1.92 bits per heavy atom. The lowest BCUT2D eigenvalue weighted by Gasteiger charge is -2.10. The number of nitrogens with two attached hydrogens (primary N) is 1. The van der Waals surface area contributed by atoms with Gasteiger partial charge < -0.3 is 20.5 Å². The van der Waals surface area contributed by atoms with Crippen molar-refractivity contribution >= 4 is 11.6 Å². The van der Waals surface area contributed by atoms with E-state index in [1.54, 1.807) is 7.11 Å². The average Bonchev–Trinajstić information content (AvgIpc) is 2.62. The Kier molecular flexibility index (Phi) is 7.29. The first-order valence-electron chi connectivity index (χ1n) is 8.46. The summed E-state index contributed by atoms with van der Waals surface area (Å²) >= 11 is 0. The second kappa shape index (κ2) is 9.69. The Morgan fingerprint density at radius 1 is 1.16 bits per heavy atom. The molecule has 0 aliphatic rings. The lowest BCUT2D eigenvalue weighted by molar-refractivity contribution is 0.128. The van der Waals surface area contributed by atoms with E-state index in [9.17, 15) is 0 Å². The van der Waals surface area contributed by atoms with Crippen LogP contribution in [0.3, 0.4) is 0 Å². The summed E-state index contributed by atoms with van der Waals surface area (Å²) in [5, 5.41) is 3.12. The predicted molar refractivity (Wildman–Crippen MR) is 103 cm³/mol. The van der Waals surface area contributed by atoms with Crippen LogP contribution in [0.5, 0.6) is 5.75 Å². The van der Waals surface area contributed by atoms with Crippen LogP contribution in [0, 0.1) is 0 Å². The Labute approximate surface area is 149 Å². The molecule has 134 valence electrons. The molecule has 0 radical (unpaired) electrons. The number of nitrogens with one attached hydrogen (secondary N) is 1. The summed E-state index contributed by atoms with van der Waals surface area (Å²) in [4.78, 5) is 4.29. The topological polar surface area (TPSA) is 68.9 Å². The van der Waals surface area contributed by atoms with Crippen LogP contribution >= 0.6 is 0 Å². The molecule has 0 amide bonds. The summed E-state index contributed by atoms with van der Waals surface area (Å²) in [7, 11) is 1.65. The first-order chi connectivity index (χ1) is 12.1. The molecule has 0 aromatic heterocycles. The third-order valence-corrected chi connectivity index (χ3v) is 3.77. The summed E-state index contributed by atoms with van der Waals surface area (Å²) in [6.45, 7) is 5.90. The van der Waals surface area contributed by atoms with Gasteiger partial charge in [0.15, 0.2) is 5.96 Å². The van der Waals surface area contributed by atoms with Crippen molar-refractivity contribution in [3.05, 3.63) is 59.7 Å². The molecule has 0 fully saturated rings. The van der Waals surface area contributed by atoms with Crippen molar-refractivity contribution in [3.8, 4) is 5.75 Å². The van der Waals surface area contributed by atoms with E-state index in [0.29, 0.717) is 31.6 Å². The number of anilines is 1. The van der Waals surface area contributed by atoms with E-state index in [-0.39, 0.29) is 0 Å². The minimum Gasteiger partial charge on any atom is -0.497 e. The number of nitrogens with zero attached hydrogens (tertiary/aromatic N) is 1. The van der Waals surface area contributed by atoms with Gasteiger partial charge in [-0.2, -0.15) is 0 Å². The first-order valence-corrected chi connectivity index (χ1v) is 8.46. The van der Waals surface area contributed by atoms with E-state index in [2.05, 4.69) is 36.3 Å². The zero-order valence-corrected chi connectivity index (χ0v) is 15.2. The molecule has 2 aromatic carbocycles. The molecule has 0 saturated carbocycles. The molecule has 0 heterocycles. The average molecular weight is 341 g/mol. The lowest BCUT2D eigenvalue weighted by atomic mass is 10.0. The minimum atomic E-state index is 0.397. The van der Waals surface area contributed by atoms with Crippen LogP contribution in [-0.4, -0.2) is 26.2 Å². The monoisotopic (exact) mass is 341 g/mol. The maximum atomic E-state index is 5.93. The predicted octanol–water partition coefficient (Wildman–Crippen LogP) is 3.76. The fourth-order valence-electron chi connectivity index (χ4n) is 2.31. The van der Waals surface area contributed by atoms with Gasteiger partial charge in [-0.3, -0.25) is 4.99 Å². The smallest absolute Gasteiger partial charge is 0.193 e. The van der Waals surface area contributed by atoms with Gasteiger partial charge in [-0.05, 0) is 41.3 Å². The van der Waals surface area contributed by atoms with Gasteiger partial charge in [0.1, 0.15) is 5.75 Å². The van der Waals surface area contributed by atoms with Gasteiger partial charge in [-0.1, -0.05) is 38.1 Å². The molecule has 3 N–H and O–H groups in total. The highest BCUT2D eigenvalue weighted by Crippen LogP contribution is 2.18. The SMILES string of the molecule is COc1ccc(COCCN=C(N)Nc2cccc(C(C)C)c2)cc1. The van der Waals surface area contributed by atoms with Crippen molar-refractivity contribution in [1.82, 2.24) is 0 Å². The van der Waals surface area contributed by atoms with Crippen LogP contribution < -0.4 is 15.8 Å². The van der Waals surface area contributed by atoms with Crippen molar-refractivity contribution in [2.45, 2.75) is 26.4 Å². The highest BCUT2D eigenvalue weighted by molar-refractivity contribution is 5.92. The molecule has 0 spiro atoms. The van der Waals surface area contributed by atoms with E-state index in [4.69, 9.17) is 15.2 Å². The summed E-state index contributed by atoms with van der Waals surface area (Å²) in [6, 6.07) is 16.0. The van der Waals surface area contributed by atoms with Gasteiger partial charge in [0, 0.05) is 5.69 Å². The maximum Gasteiger partial charge on any atom is 0.193 e. The van der Waals surface area contributed by atoms with Gasteiger partial charge in [0.25, 0.3) is 0 Å². The molecule has 2 rings (SSSR count). The Hall–Kier alpha value is -2.53. The van der Waals surface area contributed by atoms with Crippen molar-refractivity contribution in [3.63, 3.8) is 0 Å². The van der Waals surface area contributed by atoms with Crippen molar-refractivity contribution in [2.75, 3.05) is 25.6 Å². The largest absolute Gasteiger partial charge is 0.497 e. The first kappa shape index (κ1) is 18.8. The van der Waals surface area contributed by atoms with Gasteiger partial charge >= 0.3 is 0 Å². The summed E-state index contributed by atoms with van der Waals surface area (Å²) in [6.07, 6.45) is 0. The number of guanidine groups is 1. The summed E-state index contributed by atoms with van der Waals surface area (Å²) < 4.78 is 10.7. The number of rotatable bonds is 8. The summed E-state index contributed by atoms with van der Waals surface area (Å²) in [5.74, 6) is 1.72. The van der Waals surface area contributed by atoms with Crippen LogP contribution in [0.2, 0.25) is 0 Å². The van der Waals surface area contributed by atoms with Crippen molar-refractivity contribution in [1.29, 1.82) is 0 Å². The zero-order valence-electron chi connectivity index (χ0n) is 15.2. The second-order valence-corrected chi connectivity index (χ2v) is 6.07. The van der Waals surface area contributed by atoms with E-state index in [1.807, 2.05) is 36.4 Å². The van der Waals surface area contributed by atoms with E-state index >= 15 is 0 Å². The van der Waals surface area contributed by atoms with Crippen LogP contribution in [0.25, 0.3) is 0 Å². The van der Waals surface area contributed by atoms with E-state index in [0.717, 1.165) is 17.0 Å². The minimum absolute atomic E-state index is 0.397. The molecule has 0 aliphatic carbocycles. The number of methoxy groups -OCH3 is 1. The molecular formula is C20H27N3O2. The summed E-state index contributed by atoms with van der Waals surface area (Å²) in [5.41, 5.74) is 9.24. The third kappa shape index (κ3) is 6.47. The highest BCUT2D eigenvalue weighted by atomic mass is 16.5. The fourth-order valence-corrected chi connectivity index (χ4v) is 2.31. The fraction of sp³-hybridized carbons (Fsp3) is 0.350. The quantitative estimate of drug-likeness (QED) is 0.436. The molecular weight excluding hydrogens is 314 g/mol. The second-order valence-electron chi connectivity index (χ2n) is 6.07. The lowest BCUT2D eigenvalue weighted by Crippen LogP contribution is -2.23. The molecule has 5 heteroatoms. The number of hydrogen-bond acceptors (Lipinski definition) is 3. The number of ether oxygens (including phenoxy) is 2. The van der Waals surface area contributed by atoms with Gasteiger partial charge in [0.05, 0.1) is 26.9 Å². The van der Waals surface area contributed by atoms with Gasteiger partial charge in [-0.15, -0.1) is 0 Å².